The number of benzene rings is 1. The van der Waals surface area contributed by atoms with Gasteiger partial charge in [-0.05, 0) is 50.3 Å². The van der Waals surface area contributed by atoms with Gasteiger partial charge in [0.1, 0.15) is 0 Å². The summed E-state index contributed by atoms with van der Waals surface area (Å²) in [6, 6.07) is 6.33. The van der Waals surface area contributed by atoms with Crippen LogP contribution in [-0.4, -0.2) is 10.9 Å². The number of nitrogens with one attached hydrogen (secondary N) is 1. The van der Waals surface area contributed by atoms with Crippen LogP contribution in [0.5, 0.6) is 0 Å². The number of anilines is 1. The van der Waals surface area contributed by atoms with Crippen LogP contribution in [0.15, 0.2) is 35.7 Å². The van der Waals surface area contributed by atoms with Crippen molar-refractivity contribution in [2.45, 2.75) is 33.1 Å². The van der Waals surface area contributed by atoms with E-state index in [1.54, 1.807) is 0 Å². The van der Waals surface area contributed by atoms with Gasteiger partial charge in [-0.2, -0.15) is 0 Å². The Morgan fingerprint density at radius 3 is 2.86 bits per heavy atom. The highest BCUT2D eigenvalue weighted by molar-refractivity contribution is 7.14. The first kappa shape index (κ1) is 15.0. The Morgan fingerprint density at radius 2 is 2.14 bits per heavy atom. The molecule has 1 heterocycles. The lowest BCUT2D eigenvalue weighted by Crippen LogP contribution is -2.23. The topological polar surface area (TPSA) is 42.0 Å². The quantitative estimate of drug-likeness (QED) is 0.833. The molecule has 0 unspecified atom stereocenters. The van der Waals surface area contributed by atoms with Crippen LogP contribution in [0, 0.1) is 19.8 Å². The average Bonchev–Trinajstić information content (AvgIpc) is 2.99. The van der Waals surface area contributed by atoms with Crippen molar-refractivity contribution in [1.82, 2.24) is 4.98 Å². The van der Waals surface area contributed by atoms with Gasteiger partial charge in [-0.1, -0.05) is 24.3 Å². The van der Waals surface area contributed by atoms with Crippen molar-refractivity contribution in [2.75, 3.05) is 5.32 Å². The SMILES string of the molecule is Cc1ccc(-c2csc(NC(=O)[C@H]3CC=CCC3)n2)cc1C. The summed E-state index contributed by atoms with van der Waals surface area (Å²) < 4.78 is 0. The molecule has 114 valence electrons. The van der Waals surface area contributed by atoms with Gasteiger partial charge in [-0.25, -0.2) is 4.98 Å². The fraction of sp³-hybridized carbons (Fsp3) is 0.333. The molecule has 3 nitrogen and oxygen atoms in total. The Kier molecular flexibility index (Phi) is 4.39. The third-order valence-corrected chi connectivity index (χ3v) is 4.93. The lowest BCUT2D eigenvalue weighted by molar-refractivity contribution is -0.120. The fourth-order valence-electron chi connectivity index (χ4n) is 2.60. The van der Waals surface area contributed by atoms with Crippen LogP contribution in [0.2, 0.25) is 0 Å². The number of rotatable bonds is 3. The van der Waals surface area contributed by atoms with Gasteiger partial charge in [0.25, 0.3) is 0 Å². The van der Waals surface area contributed by atoms with E-state index in [9.17, 15) is 4.79 Å². The molecule has 22 heavy (non-hydrogen) atoms. The van der Waals surface area contributed by atoms with E-state index >= 15 is 0 Å². The summed E-state index contributed by atoms with van der Waals surface area (Å²) in [6.07, 6.45) is 6.99. The minimum atomic E-state index is 0.0824. The summed E-state index contributed by atoms with van der Waals surface area (Å²) in [7, 11) is 0. The molecule has 0 aliphatic heterocycles. The van der Waals surface area contributed by atoms with Crippen molar-refractivity contribution in [3.8, 4) is 11.3 Å². The lowest BCUT2D eigenvalue weighted by Gasteiger charge is -2.15. The monoisotopic (exact) mass is 312 g/mol. The van der Waals surface area contributed by atoms with Gasteiger partial charge in [0.2, 0.25) is 5.91 Å². The maximum absolute atomic E-state index is 12.2. The minimum Gasteiger partial charge on any atom is -0.302 e. The number of aromatic nitrogens is 1. The number of allylic oxidation sites excluding steroid dienone is 2. The summed E-state index contributed by atoms with van der Waals surface area (Å²) >= 11 is 1.49. The number of hydrogen-bond donors (Lipinski definition) is 1. The Hall–Kier alpha value is -1.94. The van der Waals surface area contributed by atoms with Gasteiger partial charge in [0.05, 0.1) is 5.69 Å². The van der Waals surface area contributed by atoms with Crippen LogP contribution in [0.3, 0.4) is 0 Å². The molecule has 0 bridgehead atoms. The maximum atomic E-state index is 12.2. The van der Waals surface area contributed by atoms with Gasteiger partial charge in [-0.15, -0.1) is 11.3 Å². The zero-order valence-corrected chi connectivity index (χ0v) is 13.7. The van der Waals surface area contributed by atoms with Crippen LogP contribution >= 0.6 is 11.3 Å². The molecular weight excluding hydrogens is 292 g/mol. The third kappa shape index (κ3) is 3.28. The number of nitrogens with zero attached hydrogens (tertiary/aromatic N) is 1. The summed E-state index contributed by atoms with van der Waals surface area (Å²) in [5.74, 6) is 0.171. The first-order chi connectivity index (χ1) is 10.6. The van der Waals surface area contributed by atoms with Gasteiger partial charge in [-0.3, -0.25) is 4.79 Å². The number of carbonyl (C=O) groups excluding carboxylic acids is 1. The van der Waals surface area contributed by atoms with Crippen LogP contribution < -0.4 is 5.32 Å². The first-order valence-corrected chi connectivity index (χ1v) is 8.50. The van der Waals surface area contributed by atoms with E-state index in [1.807, 2.05) is 5.38 Å². The molecule has 1 N–H and O–H groups in total. The molecule has 2 aromatic rings. The van der Waals surface area contributed by atoms with Gasteiger partial charge in [0, 0.05) is 16.9 Å². The smallest absolute Gasteiger partial charge is 0.229 e. The van der Waals surface area contributed by atoms with Crippen molar-refractivity contribution in [3.05, 3.63) is 46.9 Å². The molecule has 0 saturated heterocycles. The predicted molar refractivity (Wildman–Crippen MR) is 92.1 cm³/mol. The second-order valence-electron chi connectivity index (χ2n) is 5.81. The fourth-order valence-corrected chi connectivity index (χ4v) is 3.33. The number of amides is 1. The molecule has 1 aromatic carbocycles. The predicted octanol–water partition coefficient (Wildman–Crippen LogP) is 4.72. The van der Waals surface area contributed by atoms with E-state index in [1.165, 1.54) is 22.5 Å². The average molecular weight is 312 g/mol. The third-order valence-electron chi connectivity index (χ3n) is 4.18. The molecule has 1 aliphatic carbocycles. The molecule has 1 amide bonds. The summed E-state index contributed by atoms with van der Waals surface area (Å²) in [5.41, 5.74) is 4.55. The van der Waals surface area contributed by atoms with Gasteiger partial charge >= 0.3 is 0 Å². The normalized spacial score (nSPS) is 17.5. The molecule has 0 saturated carbocycles. The molecular formula is C18H20N2OS. The van der Waals surface area contributed by atoms with Crippen LogP contribution in [0.25, 0.3) is 11.3 Å². The highest BCUT2D eigenvalue weighted by atomic mass is 32.1. The van der Waals surface area contributed by atoms with Gasteiger partial charge < -0.3 is 5.32 Å². The molecule has 0 fully saturated rings. The Morgan fingerprint density at radius 1 is 1.27 bits per heavy atom. The number of hydrogen-bond acceptors (Lipinski definition) is 3. The van der Waals surface area contributed by atoms with Crippen LogP contribution in [-0.2, 0) is 4.79 Å². The molecule has 0 spiro atoms. The van der Waals surface area contributed by atoms with Gasteiger partial charge in [0.15, 0.2) is 5.13 Å². The first-order valence-electron chi connectivity index (χ1n) is 7.62. The van der Waals surface area contributed by atoms with Crippen molar-refractivity contribution < 1.29 is 4.79 Å². The largest absolute Gasteiger partial charge is 0.302 e. The molecule has 1 aliphatic rings. The van der Waals surface area contributed by atoms with Crippen molar-refractivity contribution in [2.24, 2.45) is 5.92 Å². The molecule has 4 heteroatoms. The summed E-state index contributed by atoms with van der Waals surface area (Å²) in [6.45, 7) is 4.20. The standard InChI is InChI=1S/C18H20N2OS/c1-12-8-9-15(10-13(12)2)16-11-22-18(19-16)20-17(21)14-6-4-3-5-7-14/h3-4,8-11,14H,5-7H2,1-2H3,(H,19,20,21)/t14-/m0/s1. The minimum absolute atomic E-state index is 0.0824. The summed E-state index contributed by atoms with van der Waals surface area (Å²) in [4.78, 5) is 16.8. The van der Waals surface area contributed by atoms with E-state index in [-0.39, 0.29) is 11.8 Å². The number of aryl methyl sites for hydroxylation is 2. The van der Waals surface area contributed by atoms with Crippen LogP contribution in [0.4, 0.5) is 5.13 Å². The zero-order valence-electron chi connectivity index (χ0n) is 12.9. The number of carbonyl (C=O) groups is 1. The van der Waals surface area contributed by atoms with Crippen molar-refractivity contribution in [1.29, 1.82) is 0 Å². The highest BCUT2D eigenvalue weighted by Gasteiger charge is 2.19. The van der Waals surface area contributed by atoms with Crippen molar-refractivity contribution in [3.63, 3.8) is 0 Å². The van der Waals surface area contributed by atoms with E-state index in [0.717, 1.165) is 30.5 Å². The van der Waals surface area contributed by atoms with Crippen LogP contribution in [0.1, 0.15) is 30.4 Å². The highest BCUT2D eigenvalue weighted by Crippen LogP contribution is 2.27. The molecule has 1 atom stereocenters. The zero-order chi connectivity index (χ0) is 15.5. The Bertz CT molecular complexity index is 718. The summed E-state index contributed by atoms with van der Waals surface area (Å²) in [5, 5.41) is 5.65. The Balaban J connectivity index is 1.72. The number of thiazole rings is 1. The van der Waals surface area contributed by atoms with Crippen molar-refractivity contribution >= 4 is 22.4 Å². The second-order valence-corrected chi connectivity index (χ2v) is 6.67. The lowest BCUT2D eigenvalue weighted by atomic mass is 9.94. The second kappa shape index (κ2) is 6.44. The van der Waals surface area contributed by atoms with E-state index in [0.29, 0.717) is 5.13 Å². The molecule has 0 radical (unpaired) electrons. The maximum Gasteiger partial charge on any atom is 0.229 e. The molecule has 3 rings (SSSR count). The van der Waals surface area contributed by atoms with E-state index in [4.69, 9.17) is 0 Å². The molecule has 1 aromatic heterocycles. The van der Waals surface area contributed by atoms with E-state index < -0.39 is 0 Å². The van der Waals surface area contributed by atoms with E-state index in [2.05, 4.69) is 54.5 Å². The Labute approximate surface area is 135 Å².